The SMILES string of the molecule is CCCCCCCCCCCCCCCCCCOC(=O)C(=Cc1ccc(N(C)Cc2cc(C)cc(-n3nc4ccccc4n3)c2O)cc1)C(=O)OCCCCCCCCCCCCCCCCCC.COC(=O)C(=Cc1ccc(N(C)Cc2cc(C)cc(-n3nc4ccccc4n3)c2O)cc1)C(=O)OC. The van der Waals surface area contributed by atoms with Crippen LogP contribution in [0.2, 0.25) is 0 Å². The summed E-state index contributed by atoms with van der Waals surface area (Å²) in [5.74, 6) is -2.58. The Morgan fingerprint density at radius 1 is 0.377 bits per heavy atom. The number of unbranched alkanes of at least 4 members (excludes halogenated alkanes) is 30. The fourth-order valence-electron chi connectivity index (χ4n) is 13.2. The van der Waals surface area contributed by atoms with Gasteiger partial charge in [-0.2, -0.15) is 0 Å². The van der Waals surface area contributed by atoms with Crippen LogP contribution in [0.25, 0.3) is 45.6 Å². The first-order valence-electron chi connectivity index (χ1n) is 39.5. The number of phenolic OH excluding ortho intramolecular Hbond substituents is 2. The number of nitrogens with zero attached hydrogens (tertiary/aromatic N) is 8. The molecule has 0 bridgehead atoms. The van der Waals surface area contributed by atoms with Gasteiger partial charge in [0.2, 0.25) is 0 Å². The molecule has 0 unspecified atom stereocenters. The van der Waals surface area contributed by atoms with Gasteiger partial charge in [0.25, 0.3) is 0 Å². The third-order valence-electron chi connectivity index (χ3n) is 19.4. The lowest BCUT2D eigenvalue weighted by molar-refractivity contribution is -0.147. The molecule has 0 fully saturated rings. The van der Waals surface area contributed by atoms with Crippen LogP contribution in [0.15, 0.2) is 132 Å². The predicted octanol–water partition coefficient (Wildman–Crippen LogP) is 20.9. The molecule has 18 nitrogen and oxygen atoms in total. The molecule has 0 spiro atoms. The fraction of sp³-hybridized carbons (Fsp3) is 0.500. The zero-order valence-electron chi connectivity index (χ0n) is 64.9. The molecule has 0 amide bonds. The fourth-order valence-corrected chi connectivity index (χ4v) is 13.2. The average molecular weight is 1450 g/mol. The van der Waals surface area contributed by atoms with Gasteiger partial charge in [-0.3, -0.25) is 0 Å². The molecule has 2 heterocycles. The Labute approximate surface area is 630 Å². The summed E-state index contributed by atoms with van der Waals surface area (Å²) in [7, 11) is 6.27. The van der Waals surface area contributed by atoms with Crippen molar-refractivity contribution in [2.24, 2.45) is 0 Å². The van der Waals surface area contributed by atoms with E-state index in [9.17, 15) is 29.4 Å². The Kier molecular flexibility index (Phi) is 37.4. The summed E-state index contributed by atoms with van der Waals surface area (Å²) in [5, 5.41) is 40.6. The van der Waals surface area contributed by atoms with Crippen molar-refractivity contribution >= 4 is 69.5 Å². The highest BCUT2D eigenvalue weighted by Gasteiger charge is 2.24. The molecular formula is C88H120N8O10. The third-order valence-corrected chi connectivity index (χ3v) is 19.4. The molecule has 572 valence electrons. The van der Waals surface area contributed by atoms with Crippen LogP contribution in [-0.2, 0) is 51.2 Å². The smallest absolute Gasteiger partial charge is 0.345 e. The maximum Gasteiger partial charge on any atom is 0.345 e. The largest absolute Gasteiger partial charge is 0.505 e. The summed E-state index contributed by atoms with van der Waals surface area (Å²) in [4.78, 5) is 57.8. The van der Waals surface area contributed by atoms with Gasteiger partial charge in [-0.15, -0.1) is 30.0 Å². The number of benzene rings is 6. The van der Waals surface area contributed by atoms with E-state index >= 15 is 0 Å². The number of carbonyl (C=O) groups excluding carboxylic acids is 4. The van der Waals surface area contributed by atoms with Gasteiger partial charge in [0.05, 0.1) is 27.4 Å². The van der Waals surface area contributed by atoms with Crippen LogP contribution in [0, 0.1) is 13.8 Å². The molecule has 6 aromatic carbocycles. The van der Waals surface area contributed by atoms with E-state index in [2.05, 4.69) is 43.7 Å². The lowest BCUT2D eigenvalue weighted by Gasteiger charge is -2.21. The molecule has 18 heteroatoms. The number of phenols is 2. The number of esters is 4. The standard InChI is InChI=1S/C61H94N4O5.C27H26N4O5/c1-5-7-9-11-13-15-17-19-21-23-25-27-29-31-33-37-45-69-60(67)55(61(68)70-46-38-34-32-30-28-26-24-22-20-18-16-14-12-10-8-6-2)49-52-41-43-54(44-42-52)64(4)50-53-47-51(3)48-58(59(53)66)65-62-56-39-35-36-40-57(56)63-65;1-17-13-19(25(32)24(14-17)31-28-22-7-5-6-8-23(22)29-31)16-30(2)20-11-9-18(10-12-20)15-21(26(33)35-3)27(34)36-4/h35-36,39-44,47-49,66H,5-34,37-38,45-46,50H2,1-4H3;5-15,32H,16H2,1-4H3. The van der Waals surface area contributed by atoms with Crippen LogP contribution >= 0.6 is 0 Å². The van der Waals surface area contributed by atoms with Gasteiger partial charge in [0, 0.05) is 49.7 Å². The number of anilines is 2. The minimum absolute atomic E-state index is 0.0776. The van der Waals surface area contributed by atoms with Crippen molar-refractivity contribution in [3.63, 3.8) is 0 Å². The van der Waals surface area contributed by atoms with E-state index in [0.717, 1.165) is 94.2 Å². The number of ether oxygens (including phenoxy) is 4. The molecule has 0 aliphatic carbocycles. The first-order chi connectivity index (χ1) is 51.6. The van der Waals surface area contributed by atoms with Crippen LogP contribution in [0.4, 0.5) is 11.4 Å². The van der Waals surface area contributed by atoms with Crippen LogP contribution in [0.3, 0.4) is 0 Å². The summed E-state index contributed by atoms with van der Waals surface area (Å²) >= 11 is 0. The number of aryl methyl sites for hydroxylation is 2. The van der Waals surface area contributed by atoms with Crippen LogP contribution in [0.1, 0.15) is 253 Å². The second kappa shape index (κ2) is 47.3. The maximum atomic E-state index is 13.5. The van der Waals surface area contributed by atoms with E-state index in [1.807, 2.05) is 147 Å². The highest BCUT2D eigenvalue weighted by atomic mass is 16.6. The Morgan fingerprint density at radius 3 is 0.915 bits per heavy atom. The Bertz CT molecular complexity index is 3870. The van der Waals surface area contributed by atoms with E-state index in [1.54, 1.807) is 18.2 Å². The second-order valence-corrected chi connectivity index (χ2v) is 28.4. The normalized spacial score (nSPS) is 11.1. The molecule has 0 atom stereocenters. The number of aromatic nitrogens is 6. The molecule has 0 aliphatic heterocycles. The molecule has 0 saturated carbocycles. The number of hydrogen-bond acceptors (Lipinski definition) is 16. The molecule has 0 saturated heterocycles. The Hall–Kier alpha value is -9.32. The molecule has 2 aromatic heterocycles. The monoisotopic (exact) mass is 1450 g/mol. The molecule has 8 rings (SSSR count). The Balaban J connectivity index is 0.000000362. The topological polar surface area (TPSA) is 214 Å². The lowest BCUT2D eigenvalue weighted by atomic mass is 10.0. The summed E-state index contributed by atoms with van der Waals surface area (Å²) in [6.45, 7) is 9.92. The zero-order chi connectivity index (χ0) is 75.7. The van der Waals surface area contributed by atoms with Crippen molar-refractivity contribution in [2.75, 3.05) is 51.3 Å². The maximum absolute atomic E-state index is 13.5. The number of carbonyl (C=O) groups is 4. The molecule has 0 radical (unpaired) electrons. The molecule has 8 aromatic rings. The number of hydrogen-bond donors (Lipinski definition) is 2. The number of aromatic hydroxyl groups is 2. The molecule has 2 N–H and O–H groups in total. The van der Waals surface area contributed by atoms with Crippen LogP contribution in [-0.4, -0.2) is 106 Å². The van der Waals surface area contributed by atoms with Crippen molar-refractivity contribution in [1.82, 2.24) is 30.0 Å². The summed E-state index contributed by atoms with van der Waals surface area (Å²) < 4.78 is 20.8. The van der Waals surface area contributed by atoms with Gasteiger partial charge in [-0.05, 0) is 122 Å². The first kappa shape index (κ1) is 83.9. The van der Waals surface area contributed by atoms with Crippen molar-refractivity contribution in [2.45, 2.75) is 246 Å². The minimum Gasteiger partial charge on any atom is -0.505 e. The molecular weight excluding hydrogens is 1330 g/mol. The van der Waals surface area contributed by atoms with Crippen molar-refractivity contribution < 1.29 is 48.3 Å². The summed E-state index contributed by atoms with van der Waals surface area (Å²) in [6.07, 6.45) is 43.9. The predicted molar refractivity (Wildman–Crippen MR) is 429 cm³/mol. The van der Waals surface area contributed by atoms with E-state index in [0.29, 0.717) is 35.6 Å². The van der Waals surface area contributed by atoms with Crippen molar-refractivity contribution in [3.05, 3.63) is 166 Å². The van der Waals surface area contributed by atoms with Crippen LogP contribution < -0.4 is 9.80 Å². The highest BCUT2D eigenvalue weighted by molar-refractivity contribution is 6.18. The lowest BCUT2D eigenvalue weighted by Crippen LogP contribution is -2.19. The van der Waals surface area contributed by atoms with E-state index < -0.39 is 23.9 Å². The average Bonchev–Trinajstić information content (AvgIpc) is 1.50. The quantitative estimate of drug-likeness (QED) is 0.00906. The number of fused-ring (bicyclic) bond motifs is 2. The van der Waals surface area contributed by atoms with Crippen LogP contribution in [0.5, 0.6) is 11.5 Å². The van der Waals surface area contributed by atoms with Gasteiger partial charge in [-0.25, -0.2) is 19.2 Å². The minimum atomic E-state index is -0.770. The van der Waals surface area contributed by atoms with E-state index in [4.69, 9.17) is 9.47 Å². The number of methoxy groups -OCH3 is 2. The van der Waals surface area contributed by atoms with Crippen molar-refractivity contribution in [3.8, 4) is 22.9 Å². The Morgan fingerprint density at radius 2 is 0.642 bits per heavy atom. The zero-order valence-corrected chi connectivity index (χ0v) is 64.9. The summed E-state index contributed by atoms with van der Waals surface area (Å²) in [6, 6.07) is 37.7. The van der Waals surface area contributed by atoms with Gasteiger partial charge in [0.15, 0.2) is 0 Å². The van der Waals surface area contributed by atoms with Gasteiger partial charge < -0.3 is 39.0 Å². The second-order valence-electron chi connectivity index (χ2n) is 28.4. The van der Waals surface area contributed by atoms with E-state index in [1.165, 1.54) is 197 Å². The highest BCUT2D eigenvalue weighted by Crippen LogP contribution is 2.33. The van der Waals surface area contributed by atoms with E-state index in [-0.39, 0.29) is 35.9 Å². The van der Waals surface area contributed by atoms with Crippen molar-refractivity contribution in [1.29, 1.82) is 0 Å². The summed E-state index contributed by atoms with van der Waals surface area (Å²) in [5.41, 5.74) is 10.3. The van der Waals surface area contributed by atoms with Gasteiger partial charge in [-0.1, -0.05) is 267 Å². The number of rotatable bonds is 48. The first-order valence-corrected chi connectivity index (χ1v) is 39.5. The molecule has 0 aliphatic rings. The third kappa shape index (κ3) is 28.5. The van der Waals surface area contributed by atoms with Gasteiger partial charge in [0.1, 0.15) is 56.1 Å². The van der Waals surface area contributed by atoms with Gasteiger partial charge >= 0.3 is 23.9 Å². The molecule has 106 heavy (non-hydrogen) atoms.